The van der Waals surface area contributed by atoms with Crippen molar-refractivity contribution in [3.63, 3.8) is 0 Å². The van der Waals surface area contributed by atoms with Gasteiger partial charge < -0.3 is 15.8 Å². The van der Waals surface area contributed by atoms with E-state index in [1.54, 1.807) is 0 Å². The summed E-state index contributed by atoms with van der Waals surface area (Å²) < 4.78 is 5.63. The van der Waals surface area contributed by atoms with Crippen LogP contribution in [0, 0.1) is 5.41 Å². The summed E-state index contributed by atoms with van der Waals surface area (Å²) in [7, 11) is 0. The SMILES string of the molecule is CC1OCCC1(C)NCCC1(CN)CCC1. The van der Waals surface area contributed by atoms with Gasteiger partial charge in [0.15, 0.2) is 0 Å². The molecule has 0 aromatic rings. The van der Waals surface area contributed by atoms with Gasteiger partial charge >= 0.3 is 0 Å². The summed E-state index contributed by atoms with van der Waals surface area (Å²) in [6, 6.07) is 0. The second-order valence-electron chi connectivity index (χ2n) is 5.91. The largest absolute Gasteiger partial charge is 0.377 e. The molecule has 0 aromatic heterocycles. The number of nitrogens with one attached hydrogen (secondary N) is 1. The van der Waals surface area contributed by atoms with Crippen LogP contribution in [-0.2, 0) is 4.74 Å². The first-order chi connectivity index (χ1) is 7.60. The molecule has 16 heavy (non-hydrogen) atoms. The Morgan fingerprint density at radius 3 is 2.56 bits per heavy atom. The van der Waals surface area contributed by atoms with Crippen molar-refractivity contribution in [1.82, 2.24) is 5.32 Å². The van der Waals surface area contributed by atoms with Crippen LogP contribution in [0.3, 0.4) is 0 Å². The molecule has 2 fully saturated rings. The maximum Gasteiger partial charge on any atom is 0.0726 e. The zero-order chi connectivity index (χ0) is 11.6. The highest BCUT2D eigenvalue weighted by Crippen LogP contribution is 2.42. The van der Waals surface area contributed by atoms with Gasteiger partial charge in [0.25, 0.3) is 0 Å². The van der Waals surface area contributed by atoms with E-state index in [0.29, 0.717) is 11.5 Å². The van der Waals surface area contributed by atoms with E-state index in [-0.39, 0.29) is 5.54 Å². The Kier molecular flexibility index (Phi) is 3.57. The van der Waals surface area contributed by atoms with E-state index in [4.69, 9.17) is 10.5 Å². The van der Waals surface area contributed by atoms with Crippen LogP contribution in [0.4, 0.5) is 0 Å². The molecule has 0 aromatic carbocycles. The molecule has 0 amide bonds. The molecule has 3 nitrogen and oxygen atoms in total. The lowest BCUT2D eigenvalue weighted by Crippen LogP contribution is -2.50. The first-order valence-electron chi connectivity index (χ1n) is 6.67. The molecule has 2 atom stereocenters. The summed E-state index contributed by atoms with van der Waals surface area (Å²) in [5.74, 6) is 0. The van der Waals surface area contributed by atoms with Crippen LogP contribution in [-0.4, -0.2) is 31.3 Å². The lowest BCUT2D eigenvalue weighted by atomic mass is 9.66. The summed E-state index contributed by atoms with van der Waals surface area (Å²) >= 11 is 0. The van der Waals surface area contributed by atoms with E-state index in [2.05, 4.69) is 19.2 Å². The van der Waals surface area contributed by atoms with Crippen LogP contribution in [0.5, 0.6) is 0 Å². The minimum absolute atomic E-state index is 0.180. The molecule has 94 valence electrons. The average Bonchev–Trinajstić information content (AvgIpc) is 2.52. The highest BCUT2D eigenvalue weighted by molar-refractivity contribution is 4.95. The van der Waals surface area contributed by atoms with Crippen molar-refractivity contribution < 1.29 is 4.74 Å². The van der Waals surface area contributed by atoms with Crippen LogP contribution in [0.1, 0.15) is 46.0 Å². The van der Waals surface area contributed by atoms with Crippen molar-refractivity contribution in [2.45, 2.75) is 57.6 Å². The number of hydrogen-bond donors (Lipinski definition) is 2. The van der Waals surface area contributed by atoms with Gasteiger partial charge in [-0.25, -0.2) is 0 Å². The Morgan fingerprint density at radius 1 is 1.38 bits per heavy atom. The van der Waals surface area contributed by atoms with Gasteiger partial charge in [0.1, 0.15) is 0 Å². The first-order valence-corrected chi connectivity index (χ1v) is 6.67. The smallest absolute Gasteiger partial charge is 0.0726 e. The fourth-order valence-electron chi connectivity index (χ4n) is 2.91. The fourth-order valence-corrected chi connectivity index (χ4v) is 2.91. The van der Waals surface area contributed by atoms with Crippen LogP contribution >= 0.6 is 0 Å². The normalized spacial score (nSPS) is 37.3. The van der Waals surface area contributed by atoms with Gasteiger partial charge in [-0.2, -0.15) is 0 Å². The highest BCUT2D eigenvalue weighted by atomic mass is 16.5. The van der Waals surface area contributed by atoms with Crippen molar-refractivity contribution in [2.24, 2.45) is 11.1 Å². The topological polar surface area (TPSA) is 47.3 Å². The molecular formula is C13H26N2O. The van der Waals surface area contributed by atoms with Crippen LogP contribution in [0.2, 0.25) is 0 Å². The van der Waals surface area contributed by atoms with E-state index in [0.717, 1.165) is 26.1 Å². The molecule has 1 aliphatic heterocycles. The maximum atomic E-state index is 5.87. The van der Waals surface area contributed by atoms with Gasteiger partial charge in [0.2, 0.25) is 0 Å². The first kappa shape index (κ1) is 12.3. The van der Waals surface area contributed by atoms with E-state index >= 15 is 0 Å². The number of rotatable bonds is 5. The Bertz CT molecular complexity index is 235. The van der Waals surface area contributed by atoms with E-state index in [1.165, 1.54) is 25.7 Å². The third kappa shape index (κ3) is 2.27. The molecule has 1 saturated carbocycles. The van der Waals surface area contributed by atoms with Crippen molar-refractivity contribution in [1.29, 1.82) is 0 Å². The number of hydrogen-bond acceptors (Lipinski definition) is 3. The minimum atomic E-state index is 0.180. The number of ether oxygens (including phenoxy) is 1. The highest BCUT2D eigenvalue weighted by Gasteiger charge is 2.38. The molecule has 1 heterocycles. The molecule has 1 aliphatic carbocycles. The molecule has 0 spiro atoms. The van der Waals surface area contributed by atoms with Gasteiger partial charge in [-0.1, -0.05) is 6.42 Å². The molecule has 1 saturated heterocycles. The van der Waals surface area contributed by atoms with Gasteiger partial charge in [-0.3, -0.25) is 0 Å². The summed E-state index contributed by atoms with van der Waals surface area (Å²) in [4.78, 5) is 0. The summed E-state index contributed by atoms with van der Waals surface area (Å²) in [6.45, 7) is 7.29. The lowest BCUT2D eigenvalue weighted by Gasteiger charge is -2.42. The predicted octanol–water partition coefficient (Wildman–Crippen LogP) is 1.66. The standard InChI is InChI=1S/C13H26N2O/c1-11-12(2,7-9-16-11)15-8-6-13(10-14)4-3-5-13/h11,15H,3-10,14H2,1-2H3. The summed E-state index contributed by atoms with van der Waals surface area (Å²) in [5, 5.41) is 3.69. The van der Waals surface area contributed by atoms with Crippen molar-refractivity contribution in [3.8, 4) is 0 Å². The van der Waals surface area contributed by atoms with Gasteiger partial charge in [-0.15, -0.1) is 0 Å². The minimum Gasteiger partial charge on any atom is -0.377 e. The van der Waals surface area contributed by atoms with E-state index in [9.17, 15) is 0 Å². The maximum absolute atomic E-state index is 5.87. The van der Waals surface area contributed by atoms with Crippen molar-refractivity contribution in [2.75, 3.05) is 19.7 Å². The zero-order valence-corrected chi connectivity index (χ0v) is 10.7. The molecule has 0 bridgehead atoms. The molecule has 2 unspecified atom stereocenters. The second kappa shape index (κ2) is 4.63. The van der Waals surface area contributed by atoms with Crippen LogP contribution in [0.15, 0.2) is 0 Å². The van der Waals surface area contributed by atoms with Gasteiger partial charge in [0, 0.05) is 12.1 Å². The lowest BCUT2D eigenvalue weighted by molar-refractivity contribution is 0.0816. The molecule has 2 aliphatic rings. The van der Waals surface area contributed by atoms with Crippen LogP contribution < -0.4 is 11.1 Å². The predicted molar refractivity (Wildman–Crippen MR) is 66.4 cm³/mol. The third-order valence-electron chi connectivity index (χ3n) is 4.92. The number of nitrogens with two attached hydrogens (primary N) is 1. The third-order valence-corrected chi connectivity index (χ3v) is 4.92. The monoisotopic (exact) mass is 226 g/mol. The average molecular weight is 226 g/mol. The summed E-state index contributed by atoms with van der Waals surface area (Å²) in [6.07, 6.45) is 6.72. The Labute approximate surface area is 99.1 Å². The molecular weight excluding hydrogens is 200 g/mol. The quantitative estimate of drug-likeness (QED) is 0.749. The molecule has 3 N–H and O–H groups in total. The Balaban J connectivity index is 1.75. The molecule has 3 heteroatoms. The van der Waals surface area contributed by atoms with E-state index < -0.39 is 0 Å². The van der Waals surface area contributed by atoms with Crippen molar-refractivity contribution in [3.05, 3.63) is 0 Å². The molecule has 0 radical (unpaired) electrons. The van der Waals surface area contributed by atoms with Crippen LogP contribution in [0.25, 0.3) is 0 Å². The Hall–Kier alpha value is -0.120. The van der Waals surface area contributed by atoms with Crippen molar-refractivity contribution >= 4 is 0 Å². The zero-order valence-electron chi connectivity index (χ0n) is 10.7. The fraction of sp³-hybridized carbons (Fsp3) is 1.00. The summed E-state index contributed by atoms with van der Waals surface area (Å²) in [5.41, 5.74) is 6.52. The second-order valence-corrected chi connectivity index (χ2v) is 5.91. The van der Waals surface area contributed by atoms with Gasteiger partial charge in [0.05, 0.1) is 6.10 Å². The van der Waals surface area contributed by atoms with Gasteiger partial charge in [-0.05, 0) is 58.0 Å². The Morgan fingerprint density at radius 2 is 2.12 bits per heavy atom. The molecule has 2 rings (SSSR count). The van der Waals surface area contributed by atoms with E-state index in [1.807, 2.05) is 0 Å².